The Bertz CT molecular complexity index is 833. The van der Waals surface area contributed by atoms with Gasteiger partial charge in [-0.1, -0.05) is 30.2 Å². The first-order valence-electron chi connectivity index (χ1n) is 10.3. The minimum Gasteiger partial charge on any atom is -0.508 e. The van der Waals surface area contributed by atoms with E-state index in [1.165, 1.54) is 11.1 Å². The van der Waals surface area contributed by atoms with E-state index in [1.54, 1.807) is 6.07 Å². The van der Waals surface area contributed by atoms with Crippen molar-refractivity contribution in [3.63, 3.8) is 0 Å². The Morgan fingerprint density at radius 3 is 2.68 bits per heavy atom. The first-order chi connectivity index (χ1) is 13.2. The maximum absolute atomic E-state index is 12.0. The van der Waals surface area contributed by atoms with Crippen molar-refractivity contribution in [2.24, 2.45) is 5.41 Å². The third-order valence-electron chi connectivity index (χ3n) is 6.40. The maximum Gasteiger partial charge on any atom is 0.252 e. The molecule has 2 atom stereocenters. The largest absolute Gasteiger partial charge is 0.508 e. The number of rotatable bonds is 6. The van der Waals surface area contributed by atoms with Gasteiger partial charge in [0.1, 0.15) is 5.75 Å². The van der Waals surface area contributed by atoms with Gasteiger partial charge in [0.25, 0.3) is 5.91 Å². The van der Waals surface area contributed by atoms with Gasteiger partial charge in [0.05, 0.1) is 6.10 Å². The molecule has 1 heterocycles. The predicted octanol–water partition coefficient (Wildman–Crippen LogP) is 4.57. The summed E-state index contributed by atoms with van der Waals surface area (Å²) in [6.07, 6.45) is 9.18. The Labute approximate surface area is 168 Å². The van der Waals surface area contributed by atoms with Crippen LogP contribution in [0.15, 0.2) is 29.4 Å². The molecule has 152 valence electrons. The molecule has 1 aromatic carbocycles. The lowest BCUT2D eigenvalue weighted by Gasteiger charge is -2.40. The van der Waals surface area contributed by atoms with Gasteiger partial charge in [-0.15, -0.1) is 0 Å². The Balaban J connectivity index is 1.73. The maximum atomic E-state index is 12.0. The molecule has 2 unspecified atom stereocenters. The molecule has 1 aliphatic carbocycles. The first-order valence-corrected chi connectivity index (χ1v) is 10.3. The second-order valence-corrected chi connectivity index (χ2v) is 9.02. The number of nitrogens with one attached hydrogen (secondary N) is 1. The predicted molar refractivity (Wildman–Crippen MR) is 112 cm³/mol. The molecule has 4 nitrogen and oxygen atoms in total. The summed E-state index contributed by atoms with van der Waals surface area (Å²) in [4.78, 5) is 12.0. The molecule has 3 N–H and O–H groups in total. The van der Waals surface area contributed by atoms with Crippen molar-refractivity contribution >= 4 is 5.91 Å². The lowest BCUT2D eigenvalue weighted by molar-refractivity contribution is 0.0228. The molecular weight excluding hydrogens is 350 g/mol. The summed E-state index contributed by atoms with van der Waals surface area (Å²) >= 11 is 0. The first kappa shape index (κ1) is 20.7. The van der Waals surface area contributed by atoms with Gasteiger partial charge in [-0.2, -0.15) is 0 Å². The summed E-state index contributed by atoms with van der Waals surface area (Å²) < 4.78 is 0. The Hall–Kier alpha value is -2.07. The molecule has 1 amide bonds. The molecule has 1 aliphatic heterocycles. The van der Waals surface area contributed by atoms with E-state index >= 15 is 0 Å². The van der Waals surface area contributed by atoms with E-state index in [-0.39, 0.29) is 17.1 Å². The zero-order valence-electron chi connectivity index (χ0n) is 17.6. The van der Waals surface area contributed by atoms with Crippen molar-refractivity contribution in [1.82, 2.24) is 5.32 Å². The molecule has 1 aromatic rings. The zero-order chi connectivity index (χ0) is 20.5. The van der Waals surface area contributed by atoms with Crippen LogP contribution in [0.3, 0.4) is 0 Å². The van der Waals surface area contributed by atoms with Crippen LogP contribution in [0.25, 0.3) is 0 Å². The Morgan fingerprint density at radius 2 is 1.96 bits per heavy atom. The normalized spacial score (nSPS) is 23.8. The number of carbonyl (C=O) groups is 1. The molecule has 3 rings (SSSR count). The van der Waals surface area contributed by atoms with Gasteiger partial charge in [-0.05, 0) is 75.5 Å². The molecule has 0 spiro atoms. The number of amides is 1. The monoisotopic (exact) mass is 383 g/mol. The highest BCUT2D eigenvalue weighted by Gasteiger charge is 2.41. The van der Waals surface area contributed by atoms with Crippen LogP contribution < -0.4 is 5.32 Å². The van der Waals surface area contributed by atoms with E-state index in [0.29, 0.717) is 24.9 Å². The molecule has 0 fully saturated rings. The van der Waals surface area contributed by atoms with E-state index in [9.17, 15) is 15.0 Å². The van der Waals surface area contributed by atoms with Crippen LogP contribution in [-0.4, -0.2) is 22.2 Å². The smallest absolute Gasteiger partial charge is 0.252 e. The summed E-state index contributed by atoms with van der Waals surface area (Å²) in [5.41, 5.74) is 5.96. The number of phenolic OH excluding ortho intramolecular Hbond substituents is 1. The quantitative estimate of drug-likeness (QED) is 0.630. The van der Waals surface area contributed by atoms with Crippen molar-refractivity contribution in [3.8, 4) is 5.75 Å². The van der Waals surface area contributed by atoms with Gasteiger partial charge in [0.2, 0.25) is 0 Å². The number of aliphatic hydroxyl groups is 1. The highest BCUT2D eigenvalue weighted by molar-refractivity contribution is 5.99. The standard InChI is InChI=1S/C24H33NO3/c1-15(2)7-5-8-16(3)9-6-10-24(4)13-19-17(12-22(24)27)21(26)11-18-20(19)14-25-23(18)28/h7,9,11,22,26-27H,5-6,8,10,12-14H2,1-4H3,(H,25,28)/b16-9+. The highest BCUT2D eigenvalue weighted by atomic mass is 16.3. The summed E-state index contributed by atoms with van der Waals surface area (Å²) in [7, 11) is 0. The van der Waals surface area contributed by atoms with Crippen LogP contribution in [-0.2, 0) is 19.4 Å². The third-order valence-corrected chi connectivity index (χ3v) is 6.40. The van der Waals surface area contributed by atoms with Gasteiger partial charge in [0.15, 0.2) is 0 Å². The van der Waals surface area contributed by atoms with Gasteiger partial charge < -0.3 is 15.5 Å². The highest BCUT2D eigenvalue weighted by Crippen LogP contribution is 2.44. The average molecular weight is 384 g/mol. The molecule has 0 radical (unpaired) electrons. The zero-order valence-corrected chi connectivity index (χ0v) is 17.6. The second kappa shape index (κ2) is 8.12. The van der Waals surface area contributed by atoms with Crippen LogP contribution >= 0.6 is 0 Å². The Kier molecular flexibility index (Phi) is 5.99. The summed E-state index contributed by atoms with van der Waals surface area (Å²) in [5.74, 6) is 0.0257. The van der Waals surface area contributed by atoms with Crippen molar-refractivity contribution < 1.29 is 15.0 Å². The molecule has 2 aliphatic rings. The number of aromatic hydroxyl groups is 1. The second-order valence-electron chi connectivity index (χ2n) is 9.02. The van der Waals surface area contributed by atoms with Crippen LogP contribution in [0.2, 0.25) is 0 Å². The van der Waals surface area contributed by atoms with Crippen LogP contribution in [0, 0.1) is 5.41 Å². The van der Waals surface area contributed by atoms with Gasteiger partial charge in [-0.25, -0.2) is 0 Å². The SMILES string of the molecule is CC(C)=CCC/C(C)=C/CCC1(C)Cc2c(c(O)cc3c2CNC3=O)CC1O. The van der Waals surface area contributed by atoms with E-state index in [4.69, 9.17) is 0 Å². The number of hydrogen-bond donors (Lipinski definition) is 3. The van der Waals surface area contributed by atoms with E-state index < -0.39 is 6.10 Å². The Morgan fingerprint density at radius 1 is 1.21 bits per heavy atom. The molecule has 0 saturated heterocycles. The van der Waals surface area contributed by atoms with E-state index in [2.05, 4.69) is 45.2 Å². The van der Waals surface area contributed by atoms with Crippen molar-refractivity contribution in [2.45, 2.75) is 78.9 Å². The number of carbonyl (C=O) groups excluding carboxylic acids is 1. The molecule has 0 bridgehead atoms. The topological polar surface area (TPSA) is 69.6 Å². The average Bonchev–Trinajstić information content (AvgIpc) is 2.97. The number of phenols is 1. The number of allylic oxidation sites excluding steroid dienone is 4. The summed E-state index contributed by atoms with van der Waals surface area (Å²) in [6.45, 7) is 9.08. The van der Waals surface area contributed by atoms with Gasteiger partial charge >= 0.3 is 0 Å². The molecular formula is C24H33NO3. The van der Waals surface area contributed by atoms with E-state index in [0.717, 1.165) is 42.4 Å². The summed E-state index contributed by atoms with van der Waals surface area (Å²) in [5, 5.41) is 24.1. The molecule has 0 saturated carbocycles. The van der Waals surface area contributed by atoms with E-state index in [1.807, 2.05) is 0 Å². The van der Waals surface area contributed by atoms with Gasteiger partial charge in [-0.3, -0.25) is 4.79 Å². The summed E-state index contributed by atoms with van der Waals surface area (Å²) in [6, 6.07) is 1.56. The molecule has 4 heteroatoms. The van der Waals surface area contributed by atoms with Crippen molar-refractivity contribution in [3.05, 3.63) is 51.6 Å². The fourth-order valence-electron chi connectivity index (χ4n) is 4.48. The minimum atomic E-state index is -0.492. The van der Waals surface area contributed by atoms with Crippen LogP contribution in [0.4, 0.5) is 0 Å². The minimum absolute atomic E-state index is 0.115. The van der Waals surface area contributed by atoms with Crippen molar-refractivity contribution in [2.75, 3.05) is 0 Å². The number of aliphatic hydroxyl groups excluding tert-OH is 1. The third kappa shape index (κ3) is 4.17. The number of benzene rings is 1. The van der Waals surface area contributed by atoms with Gasteiger partial charge in [0, 0.05) is 24.1 Å². The fraction of sp³-hybridized carbons (Fsp3) is 0.542. The van der Waals surface area contributed by atoms with Crippen LogP contribution in [0.5, 0.6) is 5.75 Å². The lowest BCUT2D eigenvalue weighted by Crippen LogP contribution is -2.40. The number of fused-ring (bicyclic) bond motifs is 3. The van der Waals surface area contributed by atoms with Crippen molar-refractivity contribution in [1.29, 1.82) is 0 Å². The lowest BCUT2D eigenvalue weighted by atomic mass is 9.67. The number of hydrogen-bond acceptors (Lipinski definition) is 3. The molecule has 0 aromatic heterocycles. The fourth-order valence-corrected chi connectivity index (χ4v) is 4.48. The molecule has 28 heavy (non-hydrogen) atoms. The van der Waals surface area contributed by atoms with Crippen LogP contribution in [0.1, 0.15) is 80.4 Å².